The molecule has 3 rings (SSSR count). The van der Waals surface area contributed by atoms with E-state index in [1.54, 1.807) is 0 Å². The van der Waals surface area contributed by atoms with Crippen LogP contribution in [0, 0.1) is 0 Å². The number of aliphatic hydroxyl groups excluding tert-OH is 1. The van der Waals surface area contributed by atoms with Gasteiger partial charge in [0.25, 0.3) is 0 Å². The Labute approximate surface area is 190 Å². The molecular formula is C27H32O5. The van der Waals surface area contributed by atoms with Crippen LogP contribution >= 0.6 is 0 Å². The highest BCUT2D eigenvalue weighted by Gasteiger charge is 2.37. The average Bonchev–Trinajstić information content (AvgIpc) is 2.87. The molecule has 0 spiro atoms. The first-order valence-corrected chi connectivity index (χ1v) is 11.0. The molecule has 0 aromatic heterocycles. The summed E-state index contributed by atoms with van der Waals surface area (Å²) in [6.07, 6.45) is 0. The summed E-state index contributed by atoms with van der Waals surface area (Å²) in [6, 6.07) is 30.9. The minimum atomic E-state index is -0.728. The van der Waals surface area contributed by atoms with Gasteiger partial charge >= 0.3 is 0 Å². The summed E-state index contributed by atoms with van der Waals surface area (Å²) in [7, 11) is 0. The summed E-state index contributed by atoms with van der Waals surface area (Å²) >= 11 is 0. The van der Waals surface area contributed by atoms with Crippen molar-refractivity contribution in [3.63, 3.8) is 0 Å². The van der Waals surface area contributed by atoms with Gasteiger partial charge in [0.05, 0.1) is 52.9 Å². The lowest BCUT2D eigenvalue weighted by Gasteiger charge is -2.36. The predicted octanol–water partition coefficient (Wildman–Crippen LogP) is 4.04. The van der Waals surface area contributed by atoms with E-state index in [-0.39, 0.29) is 6.61 Å². The molecule has 0 aliphatic carbocycles. The Balaban J connectivity index is 1.64. The van der Waals surface area contributed by atoms with Crippen molar-refractivity contribution in [2.75, 3.05) is 52.9 Å². The van der Waals surface area contributed by atoms with E-state index < -0.39 is 5.60 Å². The lowest BCUT2D eigenvalue weighted by molar-refractivity contribution is -0.0375. The fourth-order valence-electron chi connectivity index (χ4n) is 3.63. The number of aliphatic hydroxyl groups is 1. The quantitative estimate of drug-likeness (QED) is 0.288. The third kappa shape index (κ3) is 6.73. The highest BCUT2D eigenvalue weighted by atomic mass is 16.6. The van der Waals surface area contributed by atoms with Gasteiger partial charge < -0.3 is 24.1 Å². The van der Waals surface area contributed by atoms with Gasteiger partial charge in [0.2, 0.25) is 0 Å². The van der Waals surface area contributed by atoms with E-state index in [0.29, 0.717) is 46.2 Å². The summed E-state index contributed by atoms with van der Waals surface area (Å²) in [6.45, 7) is 3.18. The molecule has 5 heteroatoms. The van der Waals surface area contributed by atoms with Crippen LogP contribution in [0.4, 0.5) is 0 Å². The summed E-state index contributed by atoms with van der Waals surface area (Å²) in [5, 5.41) is 8.67. The fraction of sp³-hybridized carbons (Fsp3) is 0.333. The van der Waals surface area contributed by atoms with Gasteiger partial charge in [-0.05, 0) is 16.7 Å². The predicted molar refractivity (Wildman–Crippen MR) is 125 cm³/mol. The SMILES string of the molecule is OCCOCCOCCOCCOC(c1ccccc1)(c1ccccc1)c1ccccc1. The Hall–Kier alpha value is -2.54. The summed E-state index contributed by atoms with van der Waals surface area (Å²) in [5.74, 6) is 0. The molecule has 0 radical (unpaired) electrons. The molecule has 1 N–H and O–H groups in total. The van der Waals surface area contributed by atoms with Crippen LogP contribution in [0.2, 0.25) is 0 Å². The molecule has 5 nitrogen and oxygen atoms in total. The zero-order valence-corrected chi connectivity index (χ0v) is 18.4. The van der Waals surface area contributed by atoms with Crippen molar-refractivity contribution in [2.45, 2.75) is 5.60 Å². The third-order valence-corrected chi connectivity index (χ3v) is 5.07. The first-order chi connectivity index (χ1) is 15.9. The summed E-state index contributed by atoms with van der Waals surface area (Å²) in [5.41, 5.74) is 2.49. The lowest BCUT2D eigenvalue weighted by Crippen LogP contribution is -2.34. The van der Waals surface area contributed by atoms with Gasteiger partial charge in [-0.1, -0.05) is 91.0 Å². The van der Waals surface area contributed by atoms with Crippen molar-refractivity contribution in [1.29, 1.82) is 0 Å². The van der Waals surface area contributed by atoms with E-state index in [9.17, 15) is 0 Å². The van der Waals surface area contributed by atoms with Gasteiger partial charge in [-0.2, -0.15) is 0 Å². The summed E-state index contributed by atoms with van der Waals surface area (Å²) in [4.78, 5) is 0. The van der Waals surface area contributed by atoms with Crippen LogP contribution in [-0.4, -0.2) is 58.0 Å². The molecular weight excluding hydrogens is 404 g/mol. The average molecular weight is 437 g/mol. The second-order valence-electron chi connectivity index (χ2n) is 7.19. The second-order valence-corrected chi connectivity index (χ2v) is 7.19. The topological polar surface area (TPSA) is 57.2 Å². The van der Waals surface area contributed by atoms with E-state index in [0.717, 1.165) is 16.7 Å². The van der Waals surface area contributed by atoms with Crippen molar-refractivity contribution >= 4 is 0 Å². The maximum Gasteiger partial charge on any atom is 0.143 e. The van der Waals surface area contributed by atoms with Crippen LogP contribution < -0.4 is 0 Å². The Morgan fingerprint density at radius 1 is 0.469 bits per heavy atom. The van der Waals surface area contributed by atoms with Crippen molar-refractivity contribution < 1.29 is 24.1 Å². The van der Waals surface area contributed by atoms with E-state index >= 15 is 0 Å². The van der Waals surface area contributed by atoms with Crippen LogP contribution in [0.25, 0.3) is 0 Å². The van der Waals surface area contributed by atoms with Crippen LogP contribution in [0.15, 0.2) is 91.0 Å². The normalized spacial score (nSPS) is 11.5. The molecule has 32 heavy (non-hydrogen) atoms. The zero-order chi connectivity index (χ0) is 22.3. The van der Waals surface area contributed by atoms with Gasteiger partial charge in [-0.3, -0.25) is 0 Å². The number of rotatable bonds is 15. The molecule has 3 aromatic rings. The Morgan fingerprint density at radius 3 is 1.19 bits per heavy atom. The first-order valence-electron chi connectivity index (χ1n) is 11.0. The highest BCUT2D eigenvalue weighted by molar-refractivity contribution is 5.47. The molecule has 0 atom stereocenters. The second kappa shape index (κ2) is 13.8. The van der Waals surface area contributed by atoms with Crippen molar-refractivity contribution in [2.24, 2.45) is 0 Å². The van der Waals surface area contributed by atoms with Gasteiger partial charge in [-0.25, -0.2) is 0 Å². The van der Waals surface area contributed by atoms with Gasteiger partial charge in [0.15, 0.2) is 0 Å². The molecule has 0 aliphatic rings. The number of hydrogen-bond donors (Lipinski definition) is 1. The maximum absolute atomic E-state index is 8.67. The molecule has 0 unspecified atom stereocenters. The van der Waals surface area contributed by atoms with Crippen LogP contribution in [-0.2, 0) is 24.5 Å². The van der Waals surface area contributed by atoms with Gasteiger partial charge in [-0.15, -0.1) is 0 Å². The van der Waals surface area contributed by atoms with Crippen molar-refractivity contribution in [3.05, 3.63) is 108 Å². The minimum absolute atomic E-state index is 0.0273. The van der Waals surface area contributed by atoms with Crippen molar-refractivity contribution in [1.82, 2.24) is 0 Å². The molecule has 0 aliphatic heterocycles. The number of benzene rings is 3. The molecule has 0 amide bonds. The van der Waals surface area contributed by atoms with E-state index in [4.69, 9.17) is 24.1 Å². The van der Waals surface area contributed by atoms with Crippen LogP contribution in [0.1, 0.15) is 16.7 Å². The molecule has 0 bridgehead atoms. The smallest absolute Gasteiger partial charge is 0.143 e. The Kier molecular flexibility index (Phi) is 10.4. The van der Waals surface area contributed by atoms with E-state index in [1.165, 1.54) is 0 Å². The number of ether oxygens (including phenoxy) is 4. The molecule has 0 fully saturated rings. The first kappa shape index (κ1) is 24.1. The Morgan fingerprint density at radius 2 is 0.812 bits per heavy atom. The largest absolute Gasteiger partial charge is 0.394 e. The standard InChI is InChI=1S/C27H32O5/c28-16-17-29-18-19-30-20-21-31-22-23-32-27(24-10-4-1-5-11-24,25-12-6-2-7-13-25)26-14-8-3-9-15-26/h1-15,28H,16-23H2. The highest BCUT2D eigenvalue weighted by Crippen LogP contribution is 2.40. The molecule has 170 valence electrons. The third-order valence-electron chi connectivity index (χ3n) is 5.07. The van der Waals surface area contributed by atoms with E-state index in [1.807, 2.05) is 54.6 Å². The zero-order valence-electron chi connectivity index (χ0n) is 18.4. The minimum Gasteiger partial charge on any atom is -0.394 e. The molecule has 0 heterocycles. The molecule has 0 saturated carbocycles. The monoisotopic (exact) mass is 436 g/mol. The van der Waals surface area contributed by atoms with Gasteiger partial charge in [0, 0.05) is 0 Å². The molecule has 0 saturated heterocycles. The van der Waals surface area contributed by atoms with E-state index in [2.05, 4.69) is 36.4 Å². The maximum atomic E-state index is 8.67. The summed E-state index contributed by atoms with van der Waals surface area (Å²) < 4.78 is 23.0. The molecule has 3 aromatic carbocycles. The fourth-order valence-corrected chi connectivity index (χ4v) is 3.63. The van der Waals surface area contributed by atoms with Crippen LogP contribution in [0.3, 0.4) is 0 Å². The van der Waals surface area contributed by atoms with Crippen molar-refractivity contribution in [3.8, 4) is 0 Å². The number of hydrogen-bond acceptors (Lipinski definition) is 5. The Bertz CT molecular complexity index is 758. The van der Waals surface area contributed by atoms with Gasteiger partial charge in [0.1, 0.15) is 5.60 Å². The lowest BCUT2D eigenvalue weighted by atomic mass is 9.80. The van der Waals surface area contributed by atoms with Crippen LogP contribution in [0.5, 0.6) is 0 Å².